The fraction of sp³-hybridized carbons (Fsp3) is 0.135. The van der Waals surface area contributed by atoms with Gasteiger partial charge in [-0.1, -0.05) is 84.4 Å². The van der Waals surface area contributed by atoms with Gasteiger partial charge >= 0.3 is 0 Å². The summed E-state index contributed by atoms with van der Waals surface area (Å²) >= 11 is 5.42. The molecule has 1 unspecified atom stereocenters. The zero-order valence-electron chi connectivity index (χ0n) is 23.7. The van der Waals surface area contributed by atoms with Gasteiger partial charge in [0.1, 0.15) is 0 Å². The molecule has 0 fully saturated rings. The first-order valence-corrected chi connectivity index (χ1v) is 15.9. The molecular formula is C37H32BrN3S. The molecule has 0 N–H and O–H groups in total. The van der Waals surface area contributed by atoms with Gasteiger partial charge in [-0.2, -0.15) is 0 Å². The fourth-order valence-corrected chi connectivity index (χ4v) is 6.63. The maximum atomic E-state index is 4.67. The number of nitrogens with zero attached hydrogens (tertiary/aromatic N) is 3. The second kappa shape index (κ2) is 12.8. The zero-order chi connectivity index (χ0) is 28.9. The quantitative estimate of drug-likeness (QED) is 0.149. The first-order chi connectivity index (χ1) is 20.6. The Morgan fingerprint density at radius 2 is 1.43 bits per heavy atom. The molecule has 0 aliphatic carbocycles. The molecule has 3 aromatic carbocycles. The van der Waals surface area contributed by atoms with Crippen LogP contribution in [0.2, 0.25) is 0 Å². The van der Waals surface area contributed by atoms with Gasteiger partial charge in [-0.25, -0.2) is 0 Å². The van der Waals surface area contributed by atoms with E-state index in [0.29, 0.717) is 5.92 Å². The molecular weight excluding hydrogens is 598 g/mol. The van der Waals surface area contributed by atoms with Crippen molar-refractivity contribution in [2.75, 3.05) is 4.90 Å². The molecule has 1 atom stereocenters. The van der Waals surface area contributed by atoms with Crippen molar-refractivity contribution in [1.82, 2.24) is 9.97 Å². The molecule has 6 aromatic rings. The Kier molecular flexibility index (Phi) is 8.59. The maximum Gasteiger partial charge on any atom is 0.0907 e. The molecule has 42 heavy (non-hydrogen) atoms. The Morgan fingerprint density at radius 3 is 2.24 bits per heavy atom. The Balaban J connectivity index is 1.41. The van der Waals surface area contributed by atoms with E-state index in [0.717, 1.165) is 45.8 Å². The number of fused-ring (bicyclic) bond motifs is 3. The predicted octanol–water partition coefficient (Wildman–Crippen LogP) is 11.8. The van der Waals surface area contributed by atoms with Crippen LogP contribution in [0.3, 0.4) is 0 Å². The van der Waals surface area contributed by atoms with Crippen molar-refractivity contribution in [2.45, 2.75) is 32.6 Å². The van der Waals surface area contributed by atoms with Crippen molar-refractivity contribution in [2.24, 2.45) is 0 Å². The van der Waals surface area contributed by atoms with Gasteiger partial charge in [0.25, 0.3) is 0 Å². The summed E-state index contributed by atoms with van der Waals surface area (Å²) in [5.74, 6) is 0.433. The third-order valence-electron chi connectivity index (χ3n) is 7.43. The van der Waals surface area contributed by atoms with Crippen LogP contribution in [0.5, 0.6) is 0 Å². The first-order valence-electron chi connectivity index (χ1n) is 14.3. The van der Waals surface area contributed by atoms with E-state index in [4.69, 9.17) is 0 Å². The van der Waals surface area contributed by atoms with Crippen LogP contribution in [-0.2, 0) is 0 Å². The number of aromatic nitrogens is 2. The number of benzene rings is 3. The van der Waals surface area contributed by atoms with Crippen LogP contribution in [0.4, 0.5) is 17.1 Å². The average Bonchev–Trinajstić information content (AvgIpc) is 3.40. The third kappa shape index (κ3) is 6.08. The van der Waals surface area contributed by atoms with Crippen LogP contribution in [0.1, 0.15) is 38.2 Å². The van der Waals surface area contributed by atoms with Gasteiger partial charge in [0.15, 0.2) is 0 Å². The van der Waals surface area contributed by atoms with E-state index < -0.39 is 0 Å². The molecule has 6 rings (SSSR count). The summed E-state index contributed by atoms with van der Waals surface area (Å²) in [6.45, 7) is 4.44. The standard InChI is InChI=1S/C37H32BrN3S/c1-3-4-5-6-7-10-26(2)27-13-15-29(16-14-27)41(31-20-22-40-35(25-31)34-23-28(38)19-21-39-34)30-17-18-37-33(24-30)32-11-8-9-12-36(32)42-37/h4-9,11-26H,3,10H2,1-2H3/b5-4-,7-6-. The molecule has 208 valence electrons. The first kappa shape index (κ1) is 28.1. The molecule has 0 saturated heterocycles. The van der Waals surface area contributed by atoms with Crippen LogP contribution >= 0.6 is 27.3 Å². The van der Waals surface area contributed by atoms with Gasteiger partial charge in [0, 0.05) is 54.1 Å². The number of allylic oxidation sites excluding steroid dienone is 4. The number of pyridine rings is 2. The highest BCUT2D eigenvalue weighted by molar-refractivity contribution is 9.10. The molecule has 3 heterocycles. The highest BCUT2D eigenvalue weighted by Crippen LogP contribution is 2.41. The minimum absolute atomic E-state index is 0.433. The van der Waals surface area contributed by atoms with E-state index in [9.17, 15) is 0 Å². The second-order valence-corrected chi connectivity index (χ2v) is 12.4. The number of hydrogen-bond donors (Lipinski definition) is 0. The summed E-state index contributed by atoms with van der Waals surface area (Å²) in [6.07, 6.45) is 14.5. The lowest BCUT2D eigenvalue weighted by atomic mass is 9.97. The molecule has 0 aliphatic rings. The number of rotatable bonds is 9. The van der Waals surface area contributed by atoms with E-state index >= 15 is 0 Å². The van der Waals surface area contributed by atoms with Crippen molar-refractivity contribution in [1.29, 1.82) is 0 Å². The topological polar surface area (TPSA) is 29.0 Å². The zero-order valence-corrected chi connectivity index (χ0v) is 26.1. The molecule has 0 aliphatic heterocycles. The molecule has 5 heteroatoms. The van der Waals surface area contributed by atoms with Crippen molar-refractivity contribution in [3.63, 3.8) is 0 Å². The summed E-state index contributed by atoms with van der Waals surface area (Å²) in [6, 6.07) is 32.6. The van der Waals surface area contributed by atoms with Crippen molar-refractivity contribution in [3.05, 3.63) is 138 Å². The monoisotopic (exact) mass is 629 g/mol. The normalized spacial score (nSPS) is 12.5. The van der Waals surface area contributed by atoms with Crippen LogP contribution in [0, 0.1) is 0 Å². The van der Waals surface area contributed by atoms with Gasteiger partial charge in [-0.3, -0.25) is 9.97 Å². The van der Waals surface area contributed by atoms with Crippen LogP contribution in [0.25, 0.3) is 31.6 Å². The Hall–Kier alpha value is -4.06. The molecule has 0 amide bonds. The lowest BCUT2D eigenvalue weighted by Gasteiger charge is -2.26. The number of halogens is 1. The number of thiophene rings is 1. The van der Waals surface area contributed by atoms with E-state index in [1.54, 1.807) is 6.20 Å². The van der Waals surface area contributed by atoms with Gasteiger partial charge in [-0.15, -0.1) is 11.3 Å². The van der Waals surface area contributed by atoms with E-state index in [2.05, 4.69) is 148 Å². The van der Waals surface area contributed by atoms with Crippen LogP contribution in [0.15, 0.2) is 132 Å². The molecule has 0 radical (unpaired) electrons. The van der Waals surface area contributed by atoms with Crippen molar-refractivity contribution < 1.29 is 0 Å². The van der Waals surface area contributed by atoms with E-state index in [1.807, 2.05) is 29.7 Å². The van der Waals surface area contributed by atoms with E-state index in [-0.39, 0.29) is 0 Å². The number of anilines is 3. The fourth-order valence-electron chi connectivity index (χ4n) is 5.21. The highest BCUT2D eigenvalue weighted by atomic mass is 79.9. The van der Waals surface area contributed by atoms with Gasteiger partial charge in [0.2, 0.25) is 0 Å². The van der Waals surface area contributed by atoms with Crippen molar-refractivity contribution in [3.8, 4) is 11.4 Å². The summed E-state index contributed by atoms with van der Waals surface area (Å²) in [7, 11) is 0. The van der Waals surface area contributed by atoms with Crippen LogP contribution in [-0.4, -0.2) is 9.97 Å². The smallest absolute Gasteiger partial charge is 0.0907 e. The van der Waals surface area contributed by atoms with Crippen molar-refractivity contribution >= 4 is 64.5 Å². The largest absolute Gasteiger partial charge is 0.310 e. The number of hydrogen-bond acceptors (Lipinski definition) is 4. The molecule has 0 spiro atoms. The molecule has 0 bridgehead atoms. The van der Waals surface area contributed by atoms with Crippen LogP contribution < -0.4 is 4.90 Å². The summed E-state index contributed by atoms with van der Waals surface area (Å²) < 4.78 is 3.58. The SMILES string of the molecule is CC/C=C\C=C/CC(C)c1ccc(N(c2ccnc(-c3cc(Br)ccn3)c2)c2ccc3sc4ccccc4c3c2)cc1. The van der Waals surface area contributed by atoms with Gasteiger partial charge in [-0.05, 0) is 85.0 Å². The predicted molar refractivity (Wildman–Crippen MR) is 184 cm³/mol. The third-order valence-corrected chi connectivity index (χ3v) is 9.08. The lowest BCUT2D eigenvalue weighted by molar-refractivity contribution is 0.781. The molecule has 3 nitrogen and oxygen atoms in total. The average molecular weight is 631 g/mol. The second-order valence-electron chi connectivity index (χ2n) is 10.4. The minimum Gasteiger partial charge on any atom is -0.310 e. The highest BCUT2D eigenvalue weighted by Gasteiger charge is 2.17. The summed E-state index contributed by atoms with van der Waals surface area (Å²) in [5, 5.41) is 2.56. The summed E-state index contributed by atoms with van der Waals surface area (Å²) in [5.41, 5.74) is 6.23. The maximum absolute atomic E-state index is 4.67. The van der Waals surface area contributed by atoms with E-state index in [1.165, 1.54) is 25.7 Å². The van der Waals surface area contributed by atoms with Gasteiger partial charge < -0.3 is 4.90 Å². The van der Waals surface area contributed by atoms with Gasteiger partial charge in [0.05, 0.1) is 11.4 Å². The lowest BCUT2D eigenvalue weighted by Crippen LogP contribution is -2.10. The molecule has 3 aromatic heterocycles. The minimum atomic E-state index is 0.433. The Bertz CT molecular complexity index is 1890. The summed E-state index contributed by atoms with van der Waals surface area (Å²) in [4.78, 5) is 11.6. The molecule has 0 saturated carbocycles. The Morgan fingerprint density at radius 1 is 0.738 bits per heavy atom. The Labute approximate surface area is 260 Å².